The summed E-state index contributed by atoms with van der Waals surface area (Å²) in [5.74, 6) is -0.289. The third-order valence-corrected chi connectivity index (χ3v) is 5.42. The Labute approximate surface area is 156 Å². The largest absolute Gasteiger partial charge is 0.378 e. The van der Waals surface area contributed by atoms with Crippen molar-refractivity contribution in [2.75, 3.05) is 54.9 Å². The maximum Gasteiger partial charge on any atom is 0.240 e. The lowest BCUT2D eigenvalue weighted by atomic mass is 10.2. The van der Waals surface area contributed by atoms with Crippen LogP contribution in [-0.2, 0) is 19.6 Å². The van der Waals surface area contributed by atoms with E-state index in [1.165, 1.54) is 4.31 Å². The third kappa shape index (κ3) is 5.88. The number of nitrogens with one attached hydrogen (secondary N) is 1. The predicted molar refractivity (Wildman–Crippen MR) is 104 cm³/mol. The maximum absolute atomic E-state index is 12.4. The minimum atomic E-state index is -3.59. The van der Waals surface area contributed by atoms with Crippen molar-refractivity contribution in [3.63, 3.8) is 0 Å². The Hall–Kier alpha value is -1.80. The van der Waals surface area contributed by atoms with Gasteiger partial charge in [-0.05, 0) is 18.6 Å². The number of rotatable bonds is 9. The normalized spacial score (nSPS) is 14.9. The van der Waals surface area contributed by atoms with Crippen LogP contribution in [0.2, 0.25) is 0 Å². The van der Waals surface area contributed by atoms with Crippen LogP contribution in [0, 0.1) is 0 Å². The molecule has 1 aliphatic heterocycles. The first-order valence-corrected chi connectivity index (χ1v) is 10.9. The molecule has 1 amide bonds. The van der Waals surface area contributed by atoms with E-state index in [9.17, 15) is 13.2 Å². The van der Waals surface area contributed by atoms with Gasteiger partial charge in [0.1, 0.15) is 6.54 Å². The molecular formula is C18H29N3O4S. The molecule has 1 fully saturated rings. The van der Waals surface area contributed by atoms with E-state index < -0.39 is 10.0 Å². The van der Waals surface area contributed by atoms with Crippen molar-refractivity contribution in [1.29, 1.82) is 0 Å². The van der Waals surface area contributed by atoms with Gasteiger partial charge in [0.2, 0.25) is 15.9 Å². The summed E-state index contributed by atoms with van der Waals surface area (Å²) in [5.41, 5.74) is 1.33. The Morgan fingerprint density at radius 1 is 1.23 bits per heavy atom. The molecule has 0 aliphatic carbocycles. The van der Waals surface area contributed by atoms with Crippen molar-refractivity contribution in [3.8, 4) is 0 Å². The molecule has 0 saturated carbocycles. The number of unbranched alkanes of at least 4 members (excludes halogenated alkanes) is 2. The fraction of sp³-hybridized carbons (Fsp3) is 0.611. The van der Waals surface area contributed by atoms with Gasteiger partial charge in [0.15, 0.2) is 0 Å². The van der Waals surface area contributed by atoms with Gasteiger partial charge < -0.3 is 15.0 Å². The van der Waals surface area contributed by atoms with Crippen molar-refractivity contribution in [2.45, 2.75) is 26.2 Å². The first-order valence-electron chi connectivity index (χ1n) is 9.09. The van der Waals surface area contributed by atoms with Crippen LogP contribution in [0.3, 0.4) is 0 Å². The number of carbonyl (C=O) groups is 1. The molecule has 0 aromatic heterocycles. The topological polar surface area (TPSA) is 79.0 Å². The molecule has 1 N–H and O–H groups in total. The molecule has 1 aromatic rings. The first-order chi connectivity index (χ1) is 12.4. The number of carbonyl (C=O) groups excluding carboxylic acids is 1. The maximum atomic E-state index is 12.4. The van der Waals surface area contributed by atoms with Crippen LogP contribution < -0.4 is 14.5 Å². The van der Waals surface area contributed by atoms with Gasteiger partial charge in [-0.2, -0.15) is 0 Å². The van der Waals surface area contributed by atoms with Gasteiger partial charge in [0.05, 0.1) is 30.8 Å². The summed E-state index contributed by atoms with van der Waals surface area (Å²) in [5, 5.41) is 2.81. The van der Waals surface area contributed by atoms with Crippen LogP contribution in [0.15, 0.2) is 24.3 Å². The molecule has 1 aromatic carbocycles. The first kappa shape index (κ1) is 20.5. The van der Waals surface area contributed by atoms with Crippen molar-refractivity contribution in [1.82, 2.24) is 5.32 Å². The van der Waals surface area contributed by atoms with Gasteiger partial charge in [0, 0.05) is 19.6 Å². The number of nitrogens with zero attached hydrogens (tertiary/aromatic N) is 2. The molecule has 0 spiro atoms. The number of sulfonamides is 1. The van der Waals surface area contributed by atoms with E-state index in [0.717, 1.165) is 31.2 Å². The second-order valence-electron chi connectivity index (χ2n) is 6.41. The molecule has 8 heteroatoms. The molecule has 7 nitrogen and oxygen atoms in total. The van der Waals surface area contributed by atoms with Gasteiger partial charge in [-0.3, -0.25) is 9.10 Å². The van der Waals surface area contributed by atoms with Crippen molar-refractivity contribution in [2.24, 2.45) is 0 Å². The Morgan fingerprint density at radius 3 is 2.58 bits per heavy atom. The number of para-hydroxylation sites is 2. The summed E-state index contributed by atoms with van der Waals surface area (Å²) in [6.45, 7) is 5.03. The Bertz CT molecular complexity index is 687. The highest BCUT2D eigenvalue weighted by molar-refractivity contribution is 7.92. The number of hydrogen-bond donors (Lipinski definition) is 1. The van der Waals surface area contributed by atoms with E-state index in [0.29, 0.717) is 38.5 Å². The summed E-state index contributed by atoms with van der Waals surface area (Å²) in [6.07, 6.45) is 4.13. The Balaban J connectivity index is 2.18. The number of benzene rings is 1. The number of ether oxygens (including phenoxy) is 1. The molecule has 1 aliphatic rings. The monoisotopic (exact) mass is 383 g/mol. The summed E-state index contributed by atoms with van der Waals surface area (Å²) in [4.78, 5) is 14.4. The van der Waals surface area contributed by atoms with Crippen molar-refractivity contribution < 1.29 is 17.9 Å². The van der Waals surface area contributed by atoms with Gasteiger partial charge in [0.25, 0.3) is 0 Å². The van der Waals surface area contributed by atoms with Crippen LogP contribution in [0.1, 0.15) is 26.2 Å². The van der Waals surface area contributed by atoms with E-state index >= 15 is 0 Å². The fourth-order valence-electron chi connectivity index (χ4n) is 2.92. The minimum Gasteiger partial charge on any atom is -0.378 e. The van der Waals surface area contributed by atoms with Gasteiger partial charge >= 0.3 is 0 Å². The Morgan fingerprint density at radius 2 is 1.92 bits per heavy atom. The highest BCUT2D eigenvalue weighted by Gasteiger charge is 2.25. The summed E-state index contributed by atoms with van der Waals surface area (Å²) in [7, 11) is -3.59. The number of hydrogen-bond acceptors (Lipinski definition) is 5. The molecule has 1 heterocycles. The molecule has 1 saturated heterocycles. The average Bonchev–Trinajstić information content (AvgIpc) is 2.63. The zero-order valence-electron chi connectivity index (χ0n) is 15.6. The number of morpholine rings is 1. The van der Waals surface area contributed by atoms with E-state index in [1.54, 1.807) is 12.1 Å². The van der Waals surface area contributed by atoms with Crippen LogP contribution in [0.5, 0.6) is 0 Å². The minimum absolute atomic E-state index is 0.216. The van der Waals surface area contributed by atoms with Gasteiger partial charge in [-0.25, -0.2) is 8.42 Å². The molecule has 2 rings (SSSR count). The van der Waals surface area contributed by atoms with Crippen LogP contribution in [0.25, 0.3) is 0 Å². The van der Waals surface area contributed by atoms with E-state index in [2.05, 4.69) is 17.1 Å². The van der Waals surface area contributed by atoms with Crippen molar-refractivity contribution in [3.05, 3.63) is 24.3 Å². The summed E-state index contributed by atoms with van der Waals surface area (Å²) in [6, 6.07) is 7.30. The molecule has 0 bridgehead atoms. The quantitative estimate of drug-likeness (QED) is 0.655. The zero-order chi connectivity index (χ0) is 19.0. The number of amides is 1. The summed E-state index contributed by atoms with van der Waals surface area (Å²) < 4.78 is 31.3. The highest BCUT2D eigenvalue weighted by Crippen LogP contribution is 2.31. The molecule has 26 heavy (non-hydrogen) atoms. The highest BCUT2D eigenvalue weighted by atomic mass is 32.2. The summed E-state index contributed by atoms with van der Waals surface area (Å²) >= 11 is 0. The molecule has 0 atom stereocenters. The van der Waals surface area contributed by atoms with E-state index in [-0.39, 0.29) is 12.5 Å². The van der Waals surface area contributed by atoms with Crippen molar-refractivity contribution >= 4 is 27.3 Å². The zero-order valence-corrected chi connectivity index (χ0v) is 16.4. The van der Waals surface area contributed by atoms with E-state index in [4.69, 9.17) is 4.74 Å². The number of anilines is 2. The van der Waals surface area contributed by atoms with Gasteiger partial charge in [-0.1, -0.05) is 31.9 Å². The predicted octanol–water partition coefficient (Wildman–Crippen LogP) is 1.60. The molecule has 0 radical (unpaired) electrons. The molecule has 146 valence electrons. The van der Waals surface area contributed by atoms with E-state index in [1.807, 2.05) is 12.1 Å². The average molecular weight is 384 g/mol. The lowest BCUT2D eigenvalue weighted by molar-refractivity contribution is -0.119. The lowest BCUT2D eigenvalue weighted by Crippen LogP contribution is -2.42. The Kier molecular flexibility index (Phi) is 7.71. The molecular weight excluding hydrogens is 354 g/mol. The second kappa shape index (κ2) is 9.78. The van der Waals surface area contributed by atoms with Crippen LogP contribution in [-0.4, -0.2) is 60.0 Å². The van der Waals surface area contributed by atoms with Crippen LogP contribution >= 0.6 is 0 Å². The smallest absolute Gasteiger partial charge is 0.240 e. The SMILES string of the molecule is CCCCCNC(=O)CN(c1ccccc1N1CCOCC1)S(C)(=O)=O. The molecule has 0 unspecified atom stereocenters. The fourth-order valence-corrected chi connectivity index (χ4v) is 3.78. The van der Waals surface area contributed by atoms with Gasteiger partial charge in [-0.15, -0.1) is 0 Å². The lowest BCUT2D eigenvalue weighted by Gasteiger charge is -2.33. The second-order valence-corrected chi connectivity index (χ2v) is 8.32. The standard InChI is InChI=1S/C18H29N3O4S/c1-3-4-7-10-19-18(22)15-21(26(2,23)24)17-9-6-5-8-16(17)20-11-13-25-14-12-20/h5-6,8-9H,3-4,7,10-15H2,1-2H3,(H,19,22). The third-order valence-electron chi connectivity index (χ3n) is 4.29. The van der Waals surface area contributed by atoms with Crippen LogP contribution in [0.4, 0.5) is 11.4 Å².